The van der Waals surface area contributed by atoms with Gasteiger partial charge in [-0.05, 0) is 19.3 Å². The molecule has 0 aliphatic carbocycles. The van der Waals surface area contributed by atoms with E-state index in [2.05, 4.69) is 20.7 Å². The maximum absolute atomic E-state index is 11.3. The molecule has 0 fully saturated rings. The van der Waals surface area contributed by atoms with Crippen molar-refractivity contribution in [2.45, 2.75) is 33.2 Å². The highest BCUT2D eigenvalue weighted by Crippen LogP contribution is 2.07. The molecule has 0 amide bonds. The lowest BCUT2D eigenvalue weighted by Gasteiger charge is -2.18. The number of hydrogen-bond donors (Lipinski definition) is 1. The monoisotopic (exact) mass is 271 g/mol. The minimum absolute atomic E-state index is 0.00377. The van der Waals surface area contributed by atoms with E-state index in [0.29, 0.717) is 12.3 Å². The van der Waals surface area contributed by atoms with Crippen LogP contribution in [0.4, 0.5) is 0 Å². The zero-order valence-electron chi connectivity index (χ0n) is 8.38. The maximum atomic E-state index is 11.3. The average Bonchev–Trinajstić information content (AvgIpc) is 2.01. The molecule has 0 heterocycles. The summed E-state index contributed by atoms with van der Waals surface area (Å²) in [7, 11) is -3.06. The van der Waals surface area contributed by atoms with Crippen LogP contribution in [-0.4, -0.2) is 25.5 Å². The third-order valence-electron chi connectivity index (χ3n) is 1.94. The number of rotatable bonds is 6. The standard InChI is InChI=1S/C8H18BrNO2S/c1-4-5-13(11,12)10-8(3)7(2)6-9/h7-8,10H,4-6H2,1-3H3. The Balaban J connectivity index is 4.11. The Kier molecular flexibility index (Phi) is 6.16. The van der Waals surface area contributed by atoms with Crippen LogP contribution >= 0.6 is 15.9 Å². The van der Waals surface area contributed by atoms with Gasteiger partial charge in [-0.25, -0.2) is 13.1 Å². The first-order valence-corrected chi connectivity index (χ1v) is 7.26. The first-order valence-electron chi connectivity index (χ1n) is 4.49. The first-order chi connectivity index (χ1) is 5.93. The summed E-state index contributed by atoms with van der Waals surface area (Å²) < 4.78 is 25.3. The summed E-state index contributed by atoms with van der Waals surface area (Å²) in [5, 5.41) is 0.808. The van der Waals surface area contributed by atoms with Crippen molar-refractivity contribution in [1.29, 1.82) is 0 Å². The number of halogens is 1. The van der Waals surface area contributed by atoms with E-state index in [0.717, 1.165) is 5.33 Å². The molecule has 0 spiro atoms. The molecule has 0 bridgehead atoms. The molecule has 0 aliphatic heterocycles. The van der Waals surface area contributed by atoms with Gasteiger partial charge in [-0.1, -0.05) is 29.8 Å². The lowest BCUT2D eigenvalue weighted by atomic mass is 10.1. The van der Waals surface area contributed by atoms with Gasteiger partial charge in [-0.15, -0.1) is 0 Å². The van der Waals surface area contributed by atoms with Crippen molar-refractivity contribution in [2.24, 2.45) is 5.92 Å². The molecule has 0 aromatic heterocycles. The summed E-state index contributed by atoms with van der Waals surface area (Å²) in [6.07, 6.45) is 0.657. The second kappa shape index (κ2) is 5.98. The summed E-state index contributed by atoms with van der Waals surface area (Å²) in [6, 6.07) is -0.00377. The van der Waals surface area contributed by atoms with Crippen LogP contribution in [0.3, 0.4) is 0 Å². The molecular weight excluding hydrogens is 254 g/mol. The van der Waals surface area contributed by atoms with Crippen molar-refractivity contribution in [3.05, 3.63) is 0 Å². The first kappa shape index (κ1) is 13.4. The van der Waals surface area contributed by atoms with Gasteiger partial charge in [0.15, 0.2) is 0 Å². The number of hydrogen-bond acceptors (Lipinski definition) is 2. The van der Waals surface area contributed by atoms with Gasteiger partial charge in [-0.3, -0.25) is 0 Å². The number of nitrogens with one attached hydrogen (secondary N) is 1. The van der Waals surface area contributed by atoms with E-state index in [4.69, 9.17) is 0 Å². The van der Waals surface area contributed by atoms with E-state index in [-0.39, 0.29) is 11.8 Å². The van der Waals surface area contributed by atoms with Crippen LogP contribution in [-0.2, 0) is 10.0 Å². The smallest absolute Gasteiger partial charge is 0.211 e. The number of sulfonamides is 1. The largest absolute Gasteiger partial charge is 0.212 e. The second-order valence-electron chi connectivity index (χ2n) is 3.36. The fraction of sp³-hybridized carbons (Fsp3) is 1.00. The predicted octanol–water partition coefficient (Wildman–Crippen LogP) is 1.74. The molecule has 1 N–H and O–H groups in total. The molecule has 5 heteroatoms. The van der Waals surface area contributed by atoms with E-state index in [9.17, 15) is 8.42 Å². The van der Waals surface area contributed by atoms with Crippen molar-refractivity contribution in [1.82, 2.24) is 4.72 Å². The van der Waals surface area contributed by atoms with Gasteiger partial charge in [-0.2, -0.15) is 0 Å². The van der Waals surface area contributed by atoms with Gasteiger partial charge in [0.25, 0.3) is 0 Å². The Morgan fingerprint density at radius 1 is 1.38 bits per heavy atom. The summed E-state index contributed by atoms with van der Waals surface area (Å²) in [6.45, 7) is 5.75. The van der Waals surface area contributed by atoms with E-state index in [1.807, 2.05) is 20.8 Å². The van der Waals surface area contributed by atoms with Crippen LogP contribution in [0.1, 0.15) is 27.2 Å². The van der Waals surface area contributed by atoms with E-state index in [1.54, 1.807) is 0 Å². The van der Waals surface area contributed by atoms with E-state index in [1.165, 1.54) is 0 Å². The highest BCUT2D eigenvalue weighted by Gasteiger charge is 2.17. The lowest BCUT2D eigenvalue weighted by molar-refractivity contribution is 0.484. The SMILES string of the molecule is CCCS(=O)(=O)NC(C)C(C)CBr. The summed E-state index contributed by atoms with van der Waals surface area (Å²) in [4.78, 5) is 0. The average molecular weight is 272 g/mol. The highest BCUT2D eigenvalue weighted by atomic mass is 79.9. The molecule has 0 aromatic carbocycles. The van der Waals surface area contributed by atoms with E-state index >= 15 is 0 Å². The minimum Gasteiger partial charge on any atom is -0.212 e. The predicted molar refractivity (Wildman–Crippen MR) is 59.6 cm³/mol. The third-order valence-corrected chi connectivity index (χ3v) is 4.63. The molecule has 2 unspecified atom stereocenters. The molecule has 80 valence electrons. The molecule has 0 aromatic rings. The van der Waals surface area contributed by atoms with Gasteiger partial charge in [0, 0.05) is 11.4 Å². The molecule has 0 rings (SSSR count). The van der Waals surface area contributed by atoms with E-state index < -0.39 is 10.0 Å². The van der Waals surface area contributed by atoms with Crippen molar-refractivity contribution in [3.63, 3.8) is 0 Å². The Morgan fingerprint density at radius 2 is 1.92 bits per heavy atom. The highest BCUT2D eigenvalue weighted by molar-refractivity contribution is 9.09. The normalized spacial score (nSPS) is 16.9. The Hall–Kier alpha value is 0.390. The van der Waals surface area contributed by atoms with Crippen LogP contribution in [0.15, 0.2) is 0 Å². The van der Waals surface area contributed by atoms with Crippen molar-refractivity contribution in [3.8, 4) is 0 Å². The van der Waals surface area contributed by atoms with Gasteiger partial charge < -0.3 is 0 Å². The van der Waals surface area contributed by atoms with Gasteiger partial charge in [0.2, 0.25) is 10.0 Å². The Morgan fingerprint density at radius 3 is 2.31 bits per heavy atom. The summed E-state index contributed by atoms with van der Waals surface area (Å²) in [5.41, 5.74) is 0. The quantitative estimate of drug-likeness (QED) is 0.748. The van der Waals surface area contributed by atoms with Crippen molar-refractivity contribution < 1.29 is 8.42 Å². The molecular formula is C8H18BrNO2S. The van der Waals surface area contributed by atoms with Crippen LogP contribution in [0.2, 0.25) is 0 Å². The van der Waals surface area contributed by atoms with Crippen LogP contribution < -0.4 is 4.72 Å². The van der Waals surface area contributed by atoms with Gasteiger partial charge in [0.1, 0.15) is 0 Å². The molecule has 3 nitrogen and oxygen atoms in total. The number of alkyl halides is 1. The fourth-order valence-electron chi connectivity index (χ4n) is 0.861. The Labute approximate surface area is 89.5 Å². The molecule has 0 saturated carbocycles. The second-order valence-corrected chi connectivity index (χ2v) is 5.88. The van der Waals surface area contributed by atoms with Crippen LogP contribution in [0.25, 0.3) is 0 Å². The van der Waals surface area contributed by atoms with Gasteiger partial charge in [0.05, 0.1) is 5.75 Å². The van der Waals surface area contributed by atoms with Crippen LogP contribution in [0.5, 0.6) is 0 Å². The summed E-state index contributed by atoms with van der Waals surface area (Å²) >= 11 is 3.33. The maximum Gasteiger partial charge on any atom is 0.211 e. The van der Waals surface area contributed by atoms with Crippen LogP contribution in [0, 0.1) is 5.92 Å². The zero-order valence-corrected chi connectivity index (χ0v) is 10.8. The summed E-state index contributed by atoms with van der Waals surface area (Å²) in [5.74, 6) is 0.526. The lowest BCUT2D eigenvalue weighted by Crippen LogP contribution is -2.38. The molecule has 0 radical (unpaired) electrons. The molecule has 0 aliphatic rings. The zero-order chi connectivity index (χ0) is 10.5. The molecule has 13 heavy (non-hydrogen) atoms. The topological polar surface area (TPSA) is 46.2 Å². The van der Waals surface area contributed by atoms with Crippen molar-refractivity contribution in [2.75, 3.05) is 11.1 Å². The van der Waals surface area contributed by atoms with Gasteiger partial charge >= 0.3 is 0 Å². The Bertz CT molecular complexity index is 228. The molecule has 0 saturated heterocycles. The minimum atomic E-state index is -3.06. The third kappa shape index (κ3) is 5.65. The fourth-order valence-corrected chi connectivity index (χ4v) is 2.88. The molecule has 2 atom stereocenters. The van der Waals surface area contributed by atoms with Crippen molar-refractivity contribution >= 4 is 26.0 Å².